The van der Waals surface area contributed by atoms with Crippen LogP contribution in [0.3, 0.4) is 0 Å². The fourth-order valence-electron chi connectivity index (χ4n) is 1.63. The van der Waals surface area contributed by atoms with Crippen molar-refractivity contribution in [2.24, 2.45) is 0 Å². The van der Waals surface area contributed by atoms with Crippen molar-refractivity contribution in [3.8, 4) is 0 Å². The highest BCUT2D eigenvalue weighted by molar-refractivity contribution is 6.02. The summed E-state index contributed by atoms with van der Waals surface area (Å²) in [5, 5.41) is 9.00. The van der Waals surface area contributed by atoms with Crippen LogP contribution in [0.25, 0.3) is 0 Å². The van der Waals surface area contributed by atoms with Gasteiger partial charge in [-0.1, -0.05) is 29.8 Å². The molecule has 0 spiro atoms. The topological polar surface area (TPSA) is 75.6 Å². The average molecular weight is 271 g/mol. The molecule has 0 radical (unpaired) electrons. The lowest BCUT2D eigenvalue weighted by Crippen LogP contribution is -2.14. The molecule has 102 valence electrons. The lowest BCUT2D eigenvalue weighted by Gasteiger charge is -2.08. The fraction of sp³-hybridized carbons (Fsp3) is 0.0667. The van der Waals surface area contributed by atoms with Crippen molar-refractivity contribution in [2.75, 3.05) is 5.48 Å². The highest BCUT2D eigenvalue weighted by Crippen LogP contribution is 2.12. The van der Waals surface area contributed by atoms with Gasteiger partial charge in [0.1, 0.15) is 0 Å². The van der Waals surface area contributed by atoms with Crippen LogP contribution in [-0.4, -0.2) is 17.0 Å². The van der Waals surface area contributed by atoms with Gasteiger partial charge in [0.25, 0.3) is 0 Å². The van der Waals surface area contributed by atoms with Crippen LogP contribution in [0, 0.1) is 6.92 Å². The van der Waals surface area contributed by atoms with E-state index in [0.29, 0.717) is 5.69 Å². The van der Waals surface area contributed by atoms with Crippen LogP contribution in [0.1, 0.15) is 26.3 Å². The normalized spacial score (nSPS) is 9.85. The number of hydrogen-bond acceptors (Lipinski definition) is 4. The van der Waals surface area contributed by atoms with E-state index in [4.69, 9.17) is 9.94 Å². The zero-order valence-corrected chi connectivity index (χ0v) is 10.8. The maximum atomic E-state index is 11.9. The quantitative estimate of drug-likeness (QED) is 0.836. The molecule has 2 N–H and O–H groups in total. The van der Waals surface area contributed by atoms with Crippen LogP contribution in [0.4, 0.5) is 5.69 Å². The second-order valence-corrected chi connectivity index (χ2v) is 4.21. The van der Waals surface area contributed by atoms with Gasteiger partial charge in [-0.2, -0.15) is 0 Å². The first-order valence-corrected chi connectivity index (χ1v) is 5.94. The summed E-state index contributed by atoms with van der Waals surface area (Å²) in [5.41, 5.74) is 4.09. The third-order valence-corrected chi connectivity index (χ3v) is 2.69. The minimum atomic E-state index is -1.17. The summed E-state index contributed by atoms with van der Waals surface area (Å²) >= 11 is 0. The van der Waals surface area contributed by atoms with Gasteiger partial charge in [0.05, 0.1) is 16.8 Å². The summed E-state index contributed by atoms with van der Waals surface area (Å²) in [6.45, 7) is 1.94. The highest BCUT2D eigenvalue weighted by atomic mass is 16.7. The van der Waals surface area contributed by atoms with Gasteiger partial charge in [0.15, 0.2) is 0 Å². The number of nitrogens with one attached hydrogen (secondary N) is 1. The molecule has 0 aliphatic rings. The van der Waals surface area contributed by atoms with E-state index in [9.17, 15) is 9.59 Å². The first kappa shape index (κ1) is 13.6. The number of hydrogen-bond donors (Lipinski definition) is 2. The Morgan fingerprint density at radius 2 is 1.60 bits per heavy atom. The SMILES string of the molecule is Cc1ccc(NOC(=O)c2ccccc2C(=O)O)cc1. The van der Waals surface area contributed by atoms with Crippen molar-refractivity contribution < 1.29 is 19.5 Å². The Hall–Kier alpha value is -2.82. The zero-order chi connectivity index (χ0) is 14.5. The van der Waals surface area contributed by atoms with E-state index >= 15 is 0 Å². The number of anilines is 1. The number of benzene rings is 2. The number of carboxylic acids is 1. The molecule has 2 rings (SSSR count). The van der Waals surface area contributed by atoms with Gasteiger partial charge in [-0.3, -0.25) is 0 Å². The molecule has 5 heteroatoms. The van der Waals surface area contributed by atoms with Gasteiger partial charge in [-0.25, -0.2) is 15.1 Å². The predicted octanol–water partition coefficient (Wildman–Crippen LogP) is 2.88. The van der Waals surface area contributed by atoms with Gasteiger partial charge in [-0.05, 0) is 31.2 Å². The molecule has 0 aromatic heterocycles. The number of aryl methyl sites for hydroxylation is 1. The van der Waals surface area contributed by atoms with Gasteiger partial charge in [0, 0.05) is 0 Å². The van der Waals surface area contributed by atoms with Gasteiger partial charge < -0.3 is 9.94 Å². The lowest BCUT2D eigenvalue weighted by molar-refractivity contribution is 0.0579. The molecule has 20 heavy (non-hydrogen) atoms. The predicted molar refractivity (Wildman–Crippen MR) is 73.6 cm³/mol. The summed E-state index contributed by atoms with van der Waals surface area (Å²) in [4.78, 5) is 27.8. The zero-order valence-electron chi connectivity index (χ0n) is 10.8. The van der Waals surface area contributed by atoms with Gasteiger partial charge in [-0.15, -0.1) is 0 Å². The molecule has 0 heterocycles. The Kier molecular flexibility index (Phi) is 4.00. The van der Waals surface area contributed by atoms with Crippen LogP contribution in [0.5, 0.6) is 0 Å². The highest BCUT2D eigenvalue weighted by Gasteiger charge is 2.17. The fourth-order valence-corrected chi connectivity index (χ4v) is 1.63. The van der Waals surface area contributed by atoms with E-state index in [0.717, 1.165) is 5.56 Å². The van der Waals surface area contributed by atoms with Crippen LogP contribution >= 0.6 is 0 Å². The first-order valence-electron chi connectivity index (χ1n) is 5.94. The average Bonchev–Trinajstić information content (AvgIpc) is 2.46. The molecule has 0 saturated heterocycles. The van der Waals surface area contributed by atoms with E-state index in [1.165, 1.54) is 12.1 Å². The summed E-state index contributed by atoms with van der Waals surface area (Å²) < 4.78 is 0. The minimum absolute atomic E-state index is 0.000360. The molecule has 5 nitrogen and oxygen atoms in total. The van der Waals surface area contributed by atoms with E-state index in [1.54, 1.807) is 24.3 Å². The van der Waals surface area contributed by atoms with Crippen molar-refractivity contribution in [3.63, 3.8) is 0 Å². The van der Waals surface area contributed by atoms with E-state index < -0.39 is 11.9 Å². The first-order chi connectivity index (χ1) is 9.58. The molecule has 0 amide bonds. The van der Waals surface area contributed by atoms with Crippen molar-refractivity contribution in [1.82, 2.24) is 0 Å². The lowest BCUT2D eigenvalue weighted by atomic mass is 10.1. The molecule has 0 saturated carbocycles. The van der Waals surface area contributed by atoms with Crippen molar-refractivity contribution in [2.45, 2.75) is 6.92 Å². The molecule has 0 aliphatic heterocycles. The van der Waals surface area contributed by atoms with Gasteiger partial charge in [0.2, 0.25) is 0 Å². The van der Waals surface area contributed by atoms with Crippen LogP contribution in [0.2, 0.25) is 0 Å². The Labute approximate surface area is 115 Å². The Balaban J connectivity index is 2.09. The maximum absolute atomic E-state index is 11.9. The van der Waals surface area contributed by atoms with Crippen molar-refractivity contribution in [1.29, 1.82) is 0 Å². The van der Waals surface area contributed by atoms with Gasteiger partial charge >= 0.3 is 11.9 Å². The second kappa shape index (κ2) is 5.88. The summed E-state index contributed by atoms with van der Waals surface area (Å²) in [6.07, 6.45) is 0. The molecule has 0 bridgehead atoms. The van der Waals surface area contributed by atoms with E-state index in [1.807, 2.05) is 19.1 Å². The molecule has 0 fully saturated rings. The van der Waals surface area contributed by atoms with Crippen LogP contribution < -0.4 is 5.48 Å². The molecule has 0 aliphatic carbocycles. The van der Waals surface area contributed by atoms with E-state index in [-0.39, 0.29) is 11.1 Å². The summed E-state index contributed by atoms with van der Waals surface area (Å²) in [5.74, 6) is -1.92. The van der Waals surface area contributed by atoms with E-state index in [2.05, 4.69) is 5.48 Å². The number of carbonyl (C=O) groups is 2. The largest absolute Gasteiger partial charge is 0.478 e. The number of aromatic carboxylic acids is 1. The summed E-state index contributed by atoms with van der Waals surface area (Å²) in [6, 6.07) is 13.1. The number of carbonyl (C=O) groups excluding carboxylic acids is 1. The third-order valence-electron chi connectivity index (χ3n) is 2.69. The third kappa shape index (κ3) is 3.14. The standard InChI is InChI=1S/C15H13NO4/c1-10-6-8-11(9-7-10)16-20-15(19)13-5-3-2-4-12(13)14(17)18/h2-9,16H,1H3,(H,17,18). The molecular formula is C15H13NO4. The Morgan fingerprint density at radius 3 is 2.20 bits per heavy atom. The number of carboxylic acid groups (broad SMARTS) is 1. The second-order valence-electron chi connectivity index (χ2n) is 4.21. The van der Waals surface area contributed by atoms with Crippen molar-refractivity contribution in [3.05, 3.63) is 65.2 Å². The summed E-state index contributed by atoms with van der Waals surface area (Å²) in [7, 11) is 0. The molecular weight excluding hydrogens is 258 g/mol. The molecule has 0 atom stereocenters. The molecule has 0 unspecified atom stereocenters. The molecule has 2 aromatic carbocycles. The minimum Gasteiger partial charge on any atom is -0.478 e. The maximum Gasteiger partial charge on any atom is 0.363 e. The monoisotopic (exact) mass is 271 g/mol. The molecule has 2 aromatic rings. The Morgan fingerprint density at radius 1 is 1.00 bits per heavy atom. The smallest absolute Gasteiger partial charge is 0.363 e. The number of rotatable bonds is 4. The van der Waals surface area contributed by atoms with Crippen molar-refractivity contribution >= 4 is 17.6 Å². The van der Waals surface area contributed by atoms with Crippen LogP contribution in [-0.2, 0) is 4.84 Å². The Bertz CT molecular complexity index is 635. The van der Waals surface area contributed by atoms with Crippen LogP contribution in [0.15, 0.2) is 48.5 Å².